The van der Waals surface area contributed by atoms with Crippen molar-refractivity contribution in [2.75, 3.05) is 6.54 Å². The zero-order valence-electron chi connectivity index (χ0n) is 10.7. The molecule has 17 heavy (non-hydrogen) atoms. The van der Waals surface area contributed by atoms with Gasteiger partial charge >= 0.3 is 0 Å². The van der Waals surface area contributed by atoms with Crippen molar-refractivity contribution in [1.82, 2.24) is 5.32 Å². The third kappa shape index (κ3) is 10.5. The Bertz CT molecular complexity index is 317. The predicted molar refractivity (Wildman–Crippen MR) is 70.0 cm³/mol. The van der Waals surface area contributed by atoms with Gasteiger partial charge in [0.15, 0.2) is 0 Å². The van der Waals surface area contributed by atoms with E-state index in [-0.39, 0.29) is 11.7 Å². The summed E-state index contributed by atoms with van der Waals surface area (Å²) in [5.74, 6) is -0.273. The molecule has 1 amide bonds. The molecule has 1 rings (SSSR count). The molecule has 0 aliphatic carbocycles. The van der Waals surface area contributed by atoms with Crippen LogP contribution >= 0.6 is 0 Å². The summed E-state index contributed by atoms with van der Waals surface area (Å²) in [5.41, 5.74) is 1.02. The van der Waals surface area contributed by atoms with Gasteiger partial charge in [0, 0.05) is 13.5 Å². The number of terminal acetylenes is 1. The fourth-order valence-electron chi connectivity index (χ4n) is 1.03. The number of nitrogens with one attached hydrogen (secondary N) is 1. The first-order chi connectivity index (χ1) is 8.18. The zero-order valence-corrected chi connectivity index (χ0v) is 10.7. The van der Waals surface area contributed by atoms with Gasteiger partial charge in [0.2, 0.25) is 5.91 Å². The van der Waals surface area contributed by atoms with E-state index in [2.05, 4.69) is 18.2 Å². The van der Waals surface area contributed by atoms with Crippen molar-refractivity contribution in [3.05, 3.63) is 35.6 Å². The Balaban J connectivity index is 0. The maximum Gasteiger partial charge on any atom is 0.216 e. The van der Waals surface area contributed by atoms with Crippen molar-refractivity contribution in [1.29, 1.82) is 0 Å². The molecule has 1 N–H and O–H groups in total. The van der Waals surface area contributed by atoms with Gasteiger partial charge in [-0.1, -0.05) is 26.0 Å². The Morgan fingerprint density at radius 3 is 2.12 bits per heavy atom. The molecule has 0 aliphatic heterocycles. The number of hydrogen-bond donors (Lipinski definition) is 1. The lowest BCUT2D eigenvalue weighted by atomic mass is 10.1. The smallest absolute Gasteiger partial charge is 0.216 e. The molecule has 0 aliphatic rings. The molecule has 0 radical (unpaired) electrons. The van der Waals surface area contributed by atoms with Crippen LogP contribution in [0.3, 0.4) is 0 Å². The highest BCUT2D eigenvalue weighted by molar-refractivity contribution is 5.72. The number of amides is 1. The number of carbonyl (C=O) groups is 1. The summed E-state index contributed by atoms with van der Waals surface area (Å²) in [6, 6.07) is 6.28. The maximum absolute atomic E-state index is 12.5. The van der Waals surface area contributed by atoms with Crippen molar-refractivity contribution in [2.24, 2.45) is 0 Å². The van der Waals surface area contributed by atoms with Gasteiger partial charge in [-0.3, -0.25) is 4.79 Å². The van der Waals surface area contributed by atoms with E-state index in [9.17, 15) is 9.18 Å². The summed E-state index contributed by atoms with van der Waals surface area (Å²) in [5, 5.41) is 2.68. The molecule has 0 fully saturated rings. The molecule has 3 heteroatoms. The minimum absolute atomic E-state index is 0.0397. The molecule has 0 heterocycles. The third-order valence-corrected chi connectivity index (χ3v) is 1.70. The molecule has 0 saturated carbocycles. The number of benzene rings is 1. The van der Waals surface area contributed by atoms with E-state index in [4.69, 9.17) is 0 Å². The second-order valence-corrected chi connectivity index (χ2v) is 2.86. The topological polar surface area (TPSA) is 29.1 Å². The Hall–Kier alpha value is -1.82. The van der Waals surface area contributed by atoms with E-state index in [0.717, 1.165) is 12.0 Å². The van der Waals surface area contributed by atoms with Crippen LogP contribution in [0, 0.1) is 18.7 Å². The van der Waals surface area contributed by atoms with Gasteiger partial charge in [-0.15, -0.1) is 12.8 Å². The molecule has 0 spiro atoms. The highest BCUT2D eigenvalue weighted by Crippen LogP contribution is 2.02. The molecule has 2 nitrogen and oxygen atoms in total. The monoisotopic (exact) mass is 237 g/mol. The standard InChI is InChI=1S/C10H12FNO.C2H6.C2H2/c1-8(13)12-7-6-9-2-4-10(11)5-3-9;2*1-2/h2-5H,6-7H2,1H3,(H,12,13);1-2H3;1-2H. The number of halogens is 1. The van der Waals surface area contributed by atoms with Crippen molar-refractivity contribution < 1.29 is 9.18 Å². The Labute approximate surface area is 103 Å². The van der Waals surface area contributed by atoms with E-state index >= 15 is 0 Å². The lowest BCUT2D eigenvalue weighted by molar-refractivity contribution is -0.118. The van der Waals surface area contributed by atoms with Crippen LogP contribution in [0.2, 0.25) is 0 Å². The molecule has 94 valence electrons. The summed E-state index contributed by atoms with van der Waals surface area (Å²) < 4.78 is 12.5. The van der Waals surface area contributed by atoms with Gasteiger partial charge in [-0.2, -0.15) is 0 Å². The van der Waals surface area contributed by atoms with E-state index in [1.807, 2.05) is 13.8 Å². The van der Waals surface area contributed by atoms with Gasteiger partial charge in [0.25, 0.3) is 0 Å². The second kappa shape index (κ2) is 12.3. The number of rotatable bonds is 3. The van der Waals surface area contributed by atoms with Gasteiger partial charge in [-0.25, -0.2) is 4.39 Å². The quantitative estimate of drug-likeness (QED) is 0.805. The number of carbonyl (C=O) groups excluding carboxylic acids is 1. The molecule has 0 saturated heterocycles. The van der Waals surface area contributed by atoms with Crippen LogP contribution in [0.1, 0.15) is 26.3 Å². The predicted octanol–water partition coefficient (Wildman–Crippen LogP) is 2.78. The van der Waals surface area contributed by atoms with Crippen molar-refractivity contribution >= 4 is 5.91 Å². The minimum atomic E-state index is -0.233. The second-order valence-electron chi connectivity index (χ2n) is 2.86. The third-order valence-electron chi connectivity index (χ3n) is 1.70. The van der Waals surface area contributed by atoms with Crippen LogP contribution in [0.4, 0.5) is 4.39 Å². The normalized spacial score (nSPS) is 7.88. The van der Waals surface area contributed by atoms with Gasteiger partial charge in [0.1, 0.15) is 5.82 Å². The fraction of sp³-hybridized carbons (Fsp3) is 0.357. The SMILES string of the molecule is C#C.CC.CC(=O)NCCc1ccc(F)cc1. The van der Waals surface area contributed by atoms with Gasteiger partial charge in [0.05, 0.1) is 0 Å². The largest absolute Gasteiger partial charge is 0.356 e. The van der Waals surface area contributed by atoms with Gasteiger partial charge in [-0.05, 0) is 24.1 Å². The molecular weight excluding hydrogens is 217 g/mol. The minimum Gasteiger partial charge on any atom is -0.356 e. The Morgan fingerprint density at radius 2 is 1.71 bits per heavy atom. The van der Waals surface area contributed by atoms with Crippen LogP contribution in [0.15, 0.2) is 24.3 Å². The summed E-state index contributed by atoms with van der Waals surface area (Å²) in [6.07, 6.45) is 8.74. The Kier molecular flexibility index (Phi) is 12.7. The lowest BCUT2D eigenvalue weighted by Crippen LogP contribution is -2.22. The maximum atomic E-state index is 12.5. The molecular formula is C14H20FNO. The zero-order chi connectivity index (χ0) is 13.7. The van der Waals surface area contributed by atoms with Gasteiger partial charge < -0.3 is 5.32 Å². The summed E-state index contributed by atoms with van der Waals surface area (Å²) >= 11 is 0. The van der Waals surface area contributed by atoms with Crippen LogP contribution in [-0.2, 0) is 11.2 Å². The molecule has 1 aromatic carbocycles. The summed E-state index contributed by atoms with van der Waals surface area (Å²) in [7, 11) is 0. The molecule has 1 aromatic rings. The molecule has 0 aromatic heterocycles. The van der Waals surface area contributed by atoms with E-state index in [0.29, 0.717) is 6.54 Å². The van der Waals surface area contributed by atoms with E-state index in [1.54, 1.807) is 12.1 Å². The van der Waals surface area contributed by atoms with Crippen LogP contribution in [0.5, 0.6) is 0 Å². The first-order valence-electron chi connectivity index (χ1n) is 5.50. The lowest BCUT2D eigenvalue weighted by Gasteiger charge is -2.01. The molecule has 0 atom stereocenters. The highest BCUT2D eigenvalue weighted by Gasteiger charge is 1.94. The van der Waals surface area contributed by atoms with Crippen molar-refractivity contribution in [3.8, 4) is 12.8 Å². The van der Waals surface area contributed by atoms with Crippen LogP contribution < -0.4 is 5.32 Å². The van der Waals surface area contributed by atoms with Crippen LogP contribution in [-0.4, -0.2) is 12.5 Å². The molecule has 0 bridgehead atoms. The average molecular weight is 237 g/mol. The first-order valence-corrected chi connectivity index (χ1v) is 5.50. The number of hydrogen-bond acceptors (Lipinski definition) is 1. The highest BCUT2D eigenvalue weighted by atomic mass is 19.1. The van der Waals surface area contributed by atoms with Crippen LogP contribution in [0.25, 0.3) is 0 Å². The first kappa shape index (κ1) is 17.6. The Morgan fingerprint density at radius 1 is 1.24 bits per heavy atom. The van der Waals surface area contributed by atoms with Crippen molar-refractivity contribution in [2.45, 2.75) is 27.2 Å². The van der Waals surface area contributed by atoms with Crippen molar-refractivity contribution in [3.63, 3.8) is 0 Å². The average Bonchev–Trinajstić information content (AvgIpc) is 2.36. The summed E-state index contributed by atoms with van der Waals surface area (Å²) in [6.45, 7) is 6.08. The van der Waals surface area contributed by atoms with E-state index < -0.39 is 0 Å². The fourth-order valence-corrected chi connectivity index (χ4v) is 1.03. The summed E-state index contributed by atoms with van der Waals surface area (Å²) in [4.78, 5) is 10.5. The van der Waals surface area contributed by atoms with E-state index in [1.165, 1.54) is 19.1 Å². The molecule has 0 unspecified atom stereocenters.